The fourth-order valence-corrected chi connectivity index (χ4v) is 1.14. The summed E-state index contributed by atoms with van der Waals surface area (Å²) in [6.45, 7) is 0. The van der Waals surface area contributed by atoms with Crippen LogP contribution < -0.4 is 0 Å². The molecule has 0 aromatic heterocycles. The molecule has 1 unspecified atom stereocenters. The second-order valence-electron chi connectivity index (χ2n) is 2.16. The van der Waals surface area contributed by atoms with Crippen LogP contribution in [0.4, 0.5) is 0 Å². The molecule has 1 aromatic carbocycles. The molecule has 0 aliphatic heterocycles. The van der Waals surface area contributed by atoms with E-state index < -0.39 is 9.90 Å². The summed E-state index contributed by atoms with van der Waals surface area (Å²) in [5.74, 6) is 0. The van der Waals surface area contributed by atoms with Crippen LogP contribution in [0.5, 0.6) is 0 Å². The van der Waals surface area contributed by atoms with Gasteiger partial charge in [0.15, 0.2) is 0 Å². The first-order valence-corrected chi connectivity index (χ1v) is 4.11. The fourth-order valence-electron chi connectivity index (χ4n) is 0.760. The van der Waals surface area contributed by atoms with Gasteiger partial charge in [0.2, 0.25) is 3.79 Å². The van der Waals surface area contributed by atoms with Crippen molar-refractivity contribution in [2.45, 2.75) is 9.90 Å². The van der Waals surface area contributed by atoms with E-state index in [1.807, 2.05) is 0 Å². The highest BCUT2D eigenvalue weighted by atomic mass is 35.6. The molecule has 1 nitrogen and oxygen atoms in total. The Kier molecular flexibility index (Phi) is 2.76. The van der Waals surface area contributed by atoms with Crippen LogP contribution in [0, 0.1) is 0 Å². The number of halogens is 3. The van der Waals surface area contributed by atoms with Crippen molar-refractivity contribution in [1.82, 2.24) is 0 Å². The number of hydrogen-bond acceptors (Lipinski definition) is 1. The number of aliphatic hydroxyl groups is 1. The molecule has 0 aliphatic rings. The van der Waals surface area contributed by atoms with Crippen LogP contribution in [0.1, 0.15) is 11.7 Å². The predicted octanol–water partition coefficient (Wildman–Crippen LogP) is 2.81. The van der Waals surface area contributed by atoms with Crippen LogP contribution in [0.2, 0.25) is 0 Å². The van der Waals surface area contributed by atoms with Gasteiger partial charge in [-0.25, -0.2) is 12.1 Å². The van der Waals surface area contributed by atoms with Crippen LogP contribution in [0.15, 0.2) is 24.3 Å². The molecule has 0 heterocycles. The Morgan fingerprint density at radius 1 is 1.45 bits per heavy atom. The van der Waals surface area contributed by atoms with Gasteiger partial charge < -0.3 is 5.11 Å². The van der Waals surface area contributed by atoms with Crippen molar-refractivity contribution in [3.8, 4) is 0 Å². The predicted molar refractivity (Wildman–Crippen MR) is 47.3 cm³/mol. The normalized spacial score (nSPS) is 14.9. The summed E-state index contributed by atoms with van der Waals surface area (Å²) >= 11 is 16.4. The highest BCUT2D eigenvalue weighted by molar-refractivity contribution is 6.68. The van der Waals surface area contributed by atoms with Crippen LogP contribution in [0.25, 0.3) is 0 Å². The lowest BCUT2D eigenvalue weighted by atomic mass is 10.2. The molecular formula is C7H6Cl3O-. The average molecular weight is 212 g/mol. The van der Waals surface area contributed by atoms with E-state index in [9.17, 15) is 5.11 Å². The van der Waals surface area contributed by atoms with E-state index in [-0.39, 0.29) is 0 Å². The van der Waals surface area contributed by atoms with Crippen LogP contribution in [-0.2, 0) is 0 Å². The zero-order valence-electron chi connectivity index (χ0n) is 5.47. The first-order chi connectivity index (χ1) is 5.02. The number of rotatable bonds is 1. The van der Waals surface area contributed by atoms with E-state index in [0.717, 1.165) is 0 Å². The standard InChI is InChI=1S/C7H6Cl3O/c8-7(9,10)6(11)5-3-1-2-4-5/h1-4,6,11H/q-1. The third kappa shape index (κ3) is 2.31. The molecule has 0 saturated heterocycles. The van der Waals surface area contributed by atoms with Crippen LogP contribution in [-0.4, -0.2) is 8.90 Å². The van der Waals surface area contributed by atoms with E-state index in [0.29, 0.717) is 5.56 Å². The van der Waals surface area contributed by atoms with Gasteiger partial charge in [0.25, 0.3) is 0 Å². The quantitative estimate of drug-likeness (QED) is 0.561. The number of aliphatic hydroxyl groups excluding tert-OH is 1. The highest BCUT2D eigenvalue weighted by Crippen LogP contribution is 2.39. The Hall–Kier alpha value is 0.180. The van der Waals surface area contributed by atoms with E-state index in [1.54, 1.807) is 24.3 Å². The fraction of sp³-hybridized carbons (Fsp3) is 0.286. The monoisotopic (exact) mass is 211 g/mol. The van der Waals surface area contributed by atoms with Crippen molar-refractivity contribution in [3.05, 3.63) is 29.8 Å². The van der Waals surface area contributed by atoms with Crippen LogP contribution in [0.3, 0.4) is 0 Å². The van der Waals surface area contributed by atoms with Gasteiger partial charge in [0.05, 0.1) is 0 Å². The van der Waals surface area contributed by atoms with Gasteiger partial charge in [0, 0.05) is 0 Å². The molecular weight excluding hydrogens is 206 g/mol. The van der Waals surface area contributed by atoms with Gasteiger partial charge >= 0.3 is 0 Å². The second kappa shape index (κ2) is 3.28. The molecule has 1 aromatic rings. The number of hydrogen-bond donors (Lipinski definition) is 1. The van der Waals surface area contributed by atoms with Gasteiger partial charge in [-0.2, -0.15) is 12.1 Å². The lowest BCUT2D eigenvalue weighted by Crippen LogP contribution is -2.15. The molecule has 4 heteroatoms. The molecule has 1 rings (SSSR count). The second-order valence-corrected chi connectivity index (χ2v) is 4.53. The summed E-state index contributed by atoms with van der Waals surface area (Å²) in [5, 5.41) is 9.35. The van der Waals surface area contributed by atoms with Crippen molar-refractivity contribution in [3.63, 3.8) is 0 Å². The summed E-state index contributed by atoms with van der Waals surface area (Å²) in [5.41, 5.74) is 0.616. The van der Waals surface area contributed by atoms with E-state index in [1.165, 1.54) is 0 Å². The molecule has 0 fully saturated rings. The Balaban J connectivity index is 2.78. The Labute approximate surface area is 79.9 Å². The van der Waals surface area contributed by atoms with Crippen molar-refractivity contribution in [2.24, 2.45) is 0 Å². The number of alkyl halides is 3. The van der Waals surface area contributed by atoms with Crippen molar-refractivity contribution < 1.29 is 5.11 Å². The first kappa shape index (κ1) is 9.27. The third-order valence-electron chi connectivity index (χ3n) is 1.31. The molecule has 0 amide bonds. The van der Waals surface area contributed by atoms with Gasteiger partial charge in [-0.1, -0.05) is 34.8 Å². The van der Waals surface area contributed by atoms with E-state index in [4.69, 9.17) is 34.8 Å². The molecule has 0 aliphatic carbocycles. The molecule has 0 spiro atoms. The highest BCUT2D eigenvalue weighted by Gasteiger charge is 2.29. The minimum Gasteiger partial charge on any atom is -0.386 e. The Morgan fingerprint density at radius 3 is 2.45 bits per heavy atom. The van der Waals surface area contributed by atoms with Crippen molar-refractivity contribution >= 4 is 34.8 Å². The molecule has 1 atom stereocenters. The average Bonchev–Trinajstić information content (AvgIpc) is 2.34. The van der Waals surface area contributed by atoms with Gasteiger partial charge in [0.1, 0.15) is 6.10 Å². The topological polar surface area (TPSA) is 20.2 Å². The minimum atomic E-state index is -1.64. The Morgan fingerprint density at radius 2 is 2.09 bits per heavy atom. The lowest BCUT2D eigenvalue weighted by molar-refractivity contribution is 0.183. The van der Waals surface area contributed by atoms with Crippen molar-refractivity contribution in [1.29, 1.82) is 0 Å². The zero-order valence-corrected chi connectivity index (χ0v) is 7.74. The minimum absolute atomic E-state index is 0.616. The smallest absolute Gasteiger partial charge is 0.218 e. The Bertz CT molecular complexity index is 212. The molecule has 0 saturated carbocycles. The van der Waals surface area contributed by atoms with Gasteiger partial charge in [-0.05, 0) is 0 Å². The van der Waals surface area contributed by atoms with Gasteiger partial charge in [-0.15, -0.1) is 5.56 Å². The molecule has 1 N–H and O–H groups in total. The molecule has 0 radical (unpaired) electrons. The summed E-state index contributed by atoms with van der Waals surface area (Å²) in [4.78, 5) is 0. The van der Waals surface area contributed by atoms with Crippen LogP contribution >= 0.6 is 34.8 Å². The first-order valence-electron chi connectivity index (χ1n) is 2.98. The van der Waals surface area contributed by atoms with Gasteiger partial charge in [-0.3, -0.25) is 0 Å². The lowest BCUT2D eigenvalue weighted by Gasteiger charge is -2.20. The summed E-state index contributed by atoms with van der Waals surface area (Å²) in [6, 6.07) is 6.95. The van der Waals surface area contributed by atoms with Crippen molar-refractivity contribution in [2.75, 3.05) is 0 Å². The maximum atomic E-state index is 9.35. The molecule has 11 heavy (non-hydrogen) atoms. The maximum absolute atomic E-state index is 9.35. The maximum Gasteiger partial charge on any atom is 0.218 e. The third-order valence-corrected chi connectivity index (χ3v) is 1.93. The SMILES string of the molecule is OC(c1ccc[cH-]1)C(Cl)(Cl)Cl. The summed E-state index contributed by atoms with van der Waals surface area (Å²) in [6.07, 6.45) is -1.05. The molecule has 0 bridgehead atoms. The summed E-state index contributed by atoms with van der Waals surface area (Å²) in [7, 11) is 0. The van der Waals surface area contributed by atoms with E-state index in [2.05, 4.69) is 0 Å². The zero-order chi connectivity index (χ0) is 8.48. The molecule has 62 valence electrons. The largest absolute Gasteiger partial charge is 0.386 e. The van der Waals surface area contributed by atoms with E-state index >= 15 is 0 Å². The summed E-state index contributed by atoms with van der Waals surface area (Å²) < 4.78 is -1.64.